The van der Waals surface area contributed by atoms with Gasteiger partial charge in [-0.15, -0.1) is 0 Å². The number of hydrogen-bond donors (Lipinski definition) is 0. The quantitative estimate of drug-likeness (QED) is 0.618. The van der Waals surface area contributed by atoms with Crippen molar-refractivity contribution in [3.63, 3.8) is 0 Å². The molecule has 17 heavy (non-hydrogen) atoms. The molecule has 2 radical (unpaired) electrons. The molecular formula is C13H13BN2O. The second-order valence-corrected chi connectivity index (χ2v) is 4.81. The van der Waals surface area contributed by atoms with E-state index in [1.807, 2.05) is 24.3 Å². The van der Waals surface area contributed by atoms with Gasteiger partial charge in [0.2, 0.25) is 0 Å². The molecule has 2 aliphatic heterocycles. The Kier molecular flexibility index (Phi) is 2.15. The van der Waals surface area contributed by atoms with E-state index in [1.54, 1.807) is 11.1 Å². The van der Waals surface area contributed by atoms with E-state index in [0.717, 1.165) is 6.42 Å². The standard InChI is InChI=1S/C13H13BN2O/c1-9-6-7-16-12(17)10-4-2-3-5-11(10)15-8-13(9,16)14/h2-5,8-9H,6-7H2,1H3. The first-order valence-electron chi connectivity index (χ1n) is 5.88. The van der Waals surface area contributed by atoms with Crippen LogP contribution in [0, 0.1) is 5.92 Å². The van der Waals surface area contributed by atoms with Crippen LogP contribution >= 0.6 is 0 Å². The van der Waals surface area contributed by atoms with Gasteiger partial charge in [0.25, 0.3) is 5.91 Å². The Bertz CT molecular complexity index is 514. The van der Waals surface area contributed by atoms with E-state index in [0.29, 0.717) is 17.8 Å². The van der Waals surface area contributed by atoms with Gasteiger partial charge in [-0.1, -0.05) is 19.1 Å². The van der Waals surface area contributed by atoms with Gasteiger partial charge in [0.05, 0.1) is 11.3 Å². The van der Waals surface area contributed by atoms with Crippen molar-refractivity contribution in [1.82, 2.24) is 4.90 Å². The first-order valence-corrected chi connectivity index (χ1v) is 5.88. The van der Waals surface area contributed by atoms with Crippen molar-refractivity contribution in [2.24, 2.45) is 10.9 Å². The number of carbonyl (C=O) groups excluding carboxylic acids is 1. The highest BCUT2D eigenvalue weighted by Gasteiger charge is 2.44. The van der Waals surface area contributed by atoms with Gasteiger partial charge in [-0.3, -0.25) is 9.79 Å². The summed E-state index contributed by atoms with van der Waals surface area (Å²) in [6.07, 6.45) is 2.66. The summed E-state index contributed by atoms with van der Waals surface area (Å²) < 4.78 is 0. The second-order valence-electron chi connectivity index (χ2n) is 4.81. The number of benzene rings is 1. The molecule has 84 valence electrons. The Morgan fingerprint density at radius 1 is 1.47 bits per heavy atom. The SMILES string of the molecule is [B]C12C=Nc3ccccc3C(=O)N1CCC2C. The second kappa shape index (κ2) is 3.46. The van der Waals surface area contributed by atoms with Crippen LogP contribution in [0.2, 0.25) is 0 Å². The minimum Gasteiger partial charge on any atom is -0.336 e. The first kappa shape index (κ1) is 10.6. The Balaban J connectivity index is 2.16. The summed E-state index contributed by atoms with van der Waals surface area (Å²) >= 11 is 0. The van der Waals surface area contributed by atoms with Crippen LogP contribution in [0.4, 0.5) is 5.69 Å². The molecule has 0 N–H and O–H groups in total. The van der Waals surface area contributed by atoms with Crippen LogP contribution in [0.5, 0.6) is 0 Å². The summed E-state index contributed by atoms with van der Waals surface area (Å²) in [5.74, 6) is 0.231. The van der Waals surface area contributed by atoms with Gasteiger partial charge >= 0.3 is 0 Å². The normalized spacial score (nSPS) is 31.0. The van der Waals surface area contributed by atoms with Gasteiger partial charge in [-0.25, -0.2) is 0 Å². The highest BCUT2D eigenvalue weighted by molar-refractivity contribution is 6.28. The summed E-state index contributed by atoms with van der Waals surface area (Å²) in [5, 5.41) is 0. The smallest absolute Gasteiger partial charge is 0.256 e. The lowest BCUT2D eigenvalue weighted by molar-refractivity contribution is 0.0742. The van der Waals surface area contributed by atoms with E-state index >= 15 is 0 Å². The van der Waals surface area contributed by atoms with Gasteiger partial charge in [0, 0.05) is 18.2 Å². The molecule has 1 aromatic carbocycles. The molecule has 2 aliphatic rings. The van der Waals surface area contributed by atoms with Crippen molar-refractivity contribution in [3.05, 3.63) is 29.8 Å². The summed E-state index contributed by atoms with van der Waals surface area (Å²) in [6.45, 7) is 2.77. The molecule has 0 bridgehead atoms. The molecule has 0 saturated carbocycles. The van der Waals surface area contributed by atoms with Crippen molar-refractivity contribution >= 4 is 25.7 Å². The van der Waals surface area contributed by atoms with Crippen molar-refractivity contribution in [1.29, 1.82) is 0 Å². The topological polar surface area (TPSA) is 32.7 Å². The fourth-order valence-electron chi connectivity index (χ4n) is 2.57. The maximum absolute atomic E-state index is 12.4. The molecule has 1 amide bonds. The van der Waals surface area contributed by atoms with E-state index in [4.69, 9.17) is 7.85 Å². The Morgan fingerprint density at radius 2 is 2.24 bits per heavy atom. The van der Waals surface area contributed by atoms with Crippen LogP contribution in [0.25, 0.3) is 0 Å². The number of hydrogen-bond acceptors (Lipinski definition) is 2. The summed E-state index contributed by atoms with van der Waals surface area (Å²) in [6, 6.07) is 7.39. The number of amides is 1. The number of fused-ring (bicyclic) bond motifs is 2. The summed E-state index contributed by atoms with van der Waals surface area (Å²) in [5.41, 5.74) is 0.630. The molecule has 3 rings (SSSR count). The monoisotopic (exact) mass is 224 g/mol. The Labute approximate surface area is 102 Å². The number of carbonyl (C=O) groups is 1. The first-order chi connectivity index (χ1) is 8.13. The van der Waals surface area contributed by atoms with E-state index in [-0.39, 0.29) is 11.8 Å². The van der Waals surface area contributed by atoms with E-state index in [1.165, 1.54) is 0 Å². The summed E-state index contributed by atoms with van der Waals surface area (Å²) in [7, 11) is 6.33. The predicted octanol–water partition coefficient (Wildman–Crippen LogP) is 1.75. The largest absolute Gasteiger partial charge is 0.336 e. The zero-order chi connectivity index (χ0) is 12.0. The molecule has 1 saturated heterocycles. The minimum absolute atomic E-state index is 0.00931. The van der Waals surface area contributed by atoms with Gasteiger partial charge in [0.15, 0.2) is 0 Å². The van der Waals surface area contributed by atoms with Crippen LogP contribution in [-0.2, 0) is 0 Å². The molecule has 0 aliphatic carbocycles. The fourth-order valence-corrected chi connectivity index (χ4v) is 2.57. The van der Waals surface area contributed by atoms with E-state index in [2.05, 4.69) is 11.9 Å². The molecule has 0 spiro atoms. The zero-order valence-corrected chi connectivity index (χ0v) is 9.76. The third-order valence-electron chi connectivity index (χ3n) is 3.83. The van der Waals surface area contributed by atoms with Gasteiger partial charge in [0.1, 0.15) is 7.85 Å². The van der Waals surface area contributed by atoms with Crippen LogP contribution in [0.3, 0.4) is 0 Å². The molecule has 2 heterocycles. The molecular weight excluding hydrogens is 211 g/mol. The van der Waals surface area contributed by atoms with Gasteiger partial charge < -0.3 is 4.90 Å². The molecule has 2 atom stereocenters. The Morgan fingerprint density at radius 3 is 3.06 bits per heavy atom. The molecule has 2 unspecified atom stereocenters. The maximum atomic E-state index is 12.4. The number of aliphatic imine (C=N–C) groups is 1. The molecule has 4 heteroatoms. The molecule has 1 fully saturated rings. The zero-order valence-electron chi connectivity index (χ0n) is 9.76. The van der Waals surface area contributed by atoms with E-state index < -0.39 is 5.44 Å². The van der Waals surface area contributed by atoms with Crippen LogP contribution < -0.4 is 0 Å². The predicted molar refractivity (Wildman–Crippen MR) is 67.9 cm³/mol. The molecule has 1 aromatic rings. The lowest BCUT2D eigenvalue weighted by Crippen LogP contribution is -2.51. The van der Waals surface area contributed by atoms with Crippen molar-refractivity contribution in [2.45, 2.75) is 18.8 Å². The maximum Gasteiger partial charge on any atom is 0.256 e. The average Bonchev–Trinajstić information content (AvgIpc) is 2.57. The van der Waals surface area contributed by atoms with E-state index in [9.17, 15) is 4.79 Å². The van der Waals surface area contributed by atoms with Crippen LogP contribution in [0.1, 0.15) is 23.7 Å². The highest BCUT2D eigenvalue weighted by Crippen LogP contribution is 2.36. The Hall–Kier alpha value is -1.58. The minimum atomic E-state index is -0.726. The lowest BCUT2D eigenvalue weighted by Gasteiger charge is -2.34. The third kappa shape index (κ3) is 1.36. The molecule has 0 aromatic heterocycles. The molecule has 3 nitrogen and oxygen atoms in total. The number of rotatable bonds is 0. The average molecular weight is 224 g/mol. The van der Waals surface area contributed by atoms with Crippen molar-refractivity contribution in [2.75, 3.05) is 6.54 Å². The third-order valence-corrected chi connectivity index (χ3v) is 3.83. The fraction of sp³-hybridized carbons (Fsp3) is 0.385. The lowest BCUT2D eigenvalue weighted by atomic mass is 9.70. The number of para-hydroxylation sites is 1. The summed E-state index contributed by atoms with van der Waals surface area (Å²) in [4.78, 5) is 18.6. The van der Waals surface area contributed by atoms with Crippen LogP contribution in [-0.4, -0.2) is 36.9 Å². The van der Waals surface area contributed by atoms with Crippen LogP contribution in [0.15, 0.2) is 29.3 Å². The highest BCUT2D eigenvalue weighted by atomic mass is 16.2. The van der Waals surface area contributed by atoms with Gasteiger partial charge in [-0.05, 0) is 24.5 Å². The van der Waals surface area contributed by atoms with Crippen molar-refractivity contribution < 1.29 is 4.79 Å². The van der Waals surface area contributed by atoms with Crippen molar-refractivity contribution in [3.8, 4) is 0 Å². The van der Waals surface area contributed by atoms with Gasteiger partial charge in [-0.2, -0.15) is 0 Å². The number of nitrogens with zero attached hydrogens (tertiary/aromatic N) is 2.